The number of nitrogens with one attached hydrogen (secondary N) is 1. The van der Waals surface area contributed by atoms with Crippen LogP contribution in [0.5, 0.6) is 0 Å². The number of rotatable bonds is 4. The fourth-order valence-corrected chi connectivity index (χ4v) is 2.06. The molecule has 0 saturated heterocycles. The molecule has 3 nitrogen and oxygen atoms in total. The van der Waals surface area contributed by atoms with E-state index in [1.165, 1.54) is 25.0 Å². The summed E-state index contributed by atoms with van der Waals surface area (Å²) in [5.74, 6) is -0.215. The van der Waals surface area contributed by atoms with Gasteiger partial charge in [-0.3, -0.25) is 4.68 Å². The van der Waals surface area contributed by atoms with Gasteiger partial charge in [-0.1, -0.05) is 0 Å². The van der Waals surface area contributed by atoms with Crippen LogP contribution in [0.25, 0.3) is 11.3 Å². The van der Waals surface area contributed by atoms with Gasteiger partial charge in [-0.15, -0.1) is 0 Å². The highest BCUT2D eigenvalue weighted by molar-refractivity contribution is 5.62. The van der Waals surface area contributed by atoms with Crippen molar-refractivity contribution in [1.29, 1.82) is 0 Å². The first kappa shape index (κ1) is 11.4. The third-order valence-corrected chi connectivity index (χ3v) is 3.18. The minimum absolute atomic E-state index is 0.215. The second-order valence-electron chi connectivity index (χ2n) is 4.84. The lowest BCUT2D eigenvalue weighted by molar-refractivity contribution is 0.628. The maximum Gasteiger partial charge on any atom is 0.123 e. The van der Waals surface area contributed by atoms with Crippen LogP contribution in [0.2, 0.25) is 0 Å². The molecule has 4 heteroatoms. The smallest absolute Gasteiger partial charge is 0.123 e. The lowest BCUT2D eigenvalue weighted by Gasteiger charge is -2.03. The van der Waals surface area contributed by atoms with Crippen LogP contribution in [0.1, 0.15) is 18.4 Å². The third-order valence-electron chi connectivity index (χ3n) is 3.18. The van der Waals surface area contributed by atoms with E-state index in [1.807, 2.05) is 17.9 Å². The van der Waals surface area contributed by atoms with Crippen LogP contribution in [0.4, 0.5) is 4.39 Å². The number of halogens is 1. The highest BCUT2D eigenvalue weighted by Crippen LogP contribution is 2.24. The molecule has 1 heterocycles. The molecule has 2 aromatic rings. The third kappa shape index (κ3) is 2.43. The highest BCUT2D eigenvalue weighted by atomic mass is 19.1. The van der Waals surface area contributed by atoms with Gasteiger partial charge < -0.3 is 5.32 Å². The van der Waals surface area contributed by atoms with Crippen molar-refractivity contribution in [3.63, 3.8) is 0 Å². The summed E-state index contributed by atoms with van der Waals surface area (Å²) in [5, 5.41) is 7.94. The van der Waals surface area contributed by atoms with Crippen molar-refractivity contribution < 1.29 is 4.39 Å². The van der Waals surface area contributed by atoms with E-state index in [4.69, 9.17) is 0 Å². The average molecular weight is 245 g/mol. The van der Waals surface area contributed by atoms with Gasteiger partial charge in [0.25, 0.3) is 0 Å². The molecular formula is C14H16FN3. The Hall–Kier alpha value is -1.68. The van der Waals surface area contributed by atoms with Crippen molar-refractivity contribution in [1.82, 2.24) is 15.1 Å². The van der Waals surface area contributed by atoms with E-state index in [0.29, 0.717) is 6.04 Å². The monoisotopic (exact) mass is 245 g/mol. The predicted molar refractivity (Wildman–Crippen MR) is 68.5 cm³/mol. The Bertz CT molecular complexity index is 541. The van der Waals surface area contributed by atoms with Crippen molar-refractivity contribution in [2.24, 2.45) is 7.05 Å². The standard InChI is InChI=1S/C14H16FN3/c1-18-9-11(8-16-13-6-7-13)14(17-18)10-2-4-12(15)5-3-10/h2-5,9,13,16H,6-8H2,1H3. The van der Waals surface area contributed by atoms with E-state index < -0.39 is 0 Å². The molecule has 1 aliphatic carbocycles. The first-order chi connectivity index (χ1) is 8.72. The molecule has 1 fully saturated rings. The molecule has 0 atom stereocenters. The van der Waals surface area contributed by atoms with Gasteiger partial charge in [0.1, 0.15) is 5.82 Å². The molecule has 1 aromatic carbocycles. The molecule has 3 rings (SSSR count). The van der Waals surface area contributed by atoms with Gasteiger partial charge in [-0.2, -0.15) is 5.10 Å². The van der Waals surface area contributed by atoms with Gasteiger partial charge in [-0.25, -0.2) is 4.39 Å². The Morgan fingerprint density at radius 3 is 2.72 bits per heavy atom. The van der Waals surface area contributed by atoms with Crippen LogP contribution in [-0.4, -0.2) is 15.8 Å². The fraction of sp³-hybridized carbons (Fsp3) is 0.357. The number of aromatic nitrogens is 2. The zero-order valence-corrected chi connectivity index (χ0v) is 10.4. The summed E-state index contributed by atoms with van der Waals surface area (Å²) in [5.41, 5.74) is 3.06. The fourth-order valence-electron chi connectivity index (χ4n) is 2.06. The Balaban J connectivity index is 1.86. The molecule has 0 unspecified atom stereocenters. The topological polar surface area (TPSA) is 29.9 Å². The summed E-state index contributed by atoms with van der Waals surface area (Å²) in [6, 6.07) is 7.17. The van der Waals surface area contributed by atoms with Gasteiger partial charge >= 0.3 is 0 Å². The SMILES string of the molecule is Cn1cc(CNC2CC2)c(-c2ccc(F)cc2)n1. The molecule has 0 spiro atoms. The van der Waals surface area contributed by atoms with E-state index in [1.54, 1.807) is 12.1 Å². The molecule has 1 saturated carbocycles. The average Bonchev–Trinajstić information content (AvgIpc) is 3.11. The molecule has 1 aliphatic rings. The summed E-state index contributed by atoms with van der Waals surface area (Å²) in [6.07, 6.45) is 4.56. The van der Waals surface area contributed by atoms with Gasteiger partial charge in [0, 0.05) is 37.0 Å². The number of aryl methyl sites for hydroxylation is 1. The normalized spacial score (nSPS) is 15.0. The van der Waals surface area contributed by atoms with Crippen LogP contribution in [0.3, 0.4) is 0 Å². The quantitative estimate of drug-likeness (QED) is 0.896. The van der Waals surface area contributed by atoms with Gasteiger partial charge in [0.15, 0.2) is 0 Å². The summed E-state index contributed by atoms with van der Waals surface area (Å²) in [6.45, 7) is 0.825. The molecule has 0 amide bonds. The zero-order chi connectivity index (χ0) is 12.5. The molecule has 0 bridgehead atoms. The van der Waals surface area contributed by atoms with Crippen molar-refractivity contribution in [2.75, 3.05) is 0 Å². The van der Waals surface area contributed by atoms with Gasteiger partial charge in [0.2, 0.25) is 0 Å². The number of hydrogen-bond acceptors (Lipinski definition) is 2. The summed E-state index contributed by atoms with van der Waals surface area (Å²) >= 11 is 0. The lowest BCUT2D eigenvalue weighted by Crippen LogP contribution is -2.15. The van der Waals surface area contributed by atoms with E-state index >= 15 is 0 Å². The molecule has 0 aliphatic heterocycles. The number of hydrogen-bond donors (Lipinski definition) is 1. The second-order valence-corrected chi connectivity index (χ2v) is 4.84. The van der Waals surface area contributed by atoms with Crippen molar-refractivity contribution in [3.8, 4) is 11.3 Å². The van der Waals surface area contributed by atoms with E-state index in [9.17, 15) is 4.39 Å². The minimum Gasteiger partial charge on any atom is -0.310 e. The van der Waals surface area contributed by atoms with Crippen molar-refractivity contribution in [2.45, 2.75) is 25.4 Å². The van der Waals surface area contributed by atoms with Gasteiger partial charge in [-0.05, 0) is 37.1 Å². The Kier molecular flexibility index (Phi) is 2.88. The van der Waals surface area contributed by atoms with Crippen LogP contribution >= 0.6 is 0 Å². The van der Waals surface area contributed by atoms with E-state index in [0.717, 1.165) is 23.4 Å². The molecule has 1 N–H and O–H groups in total. The largest absolute Gasteiger partial charge is 0.310 e. The number of nitrogens with zero attached hydrogens (tertiary/aromatic N) is 2. The maximum atomic E-state index is 12.9. The van der Waals surface area contributed by atoms with Gasteiger partial charge in [0.05, 0.1) is 5.69 Å². The minimum atomic E-state index is -0.215. The molecule has 94 valence electrons. The van der Waals surface area contributed by atoms with Crippen molar-refractivity contribution >= 4 is 0 Å². The maximum absolute atomic E-state index is 12.9. The molecule has 0 radical (unpaired) electrons. The van der Waals surface area contributed by atoms with Crippen LogP contribution < -0.4 is 5.32 Å². The summed E-state index contributed by atoms with van der Waals surface area (Å²) in [4.78, 5) is 0. The van der Waals surface area contributed by atoms with E-state index in [2.05, 4.69) is 10.4 Å². The second kappa shape index (κ2) is 4.53. The Morgan fingerprint density at radius 2 is 2.06 bits per heavy atom. The molecule has 1 aromatic heterocycles. The summed E-state index contributed by atoms with van der Waals surface area (Å²) < 4.78 is 14.7. The Labute approximate surface area is 106 Å². The van der Waals surface area contributed by atoms with Crippen molar-refractivity contribution in [3.05, 3.63) is 41.8 Å². The first-order valence-corrected chi connectivity index (χ1v) is 6.24. The van der Waals surface area contributed by atoms with Crippen LogP contribution in [0.15, 0.2) is 30.5 Å². The van der Waals surface area contributed by atoms with E-state index in [-0.39, 0.29) is 5.82 Å². The molecule has 18 heavy (non-hydrogen) atoms. The zero-order valence-electron chi connectivity index (χ0n) is 10.4. The highest BCUT2D eigenvalue weighted by Gasteiger charge is 2.21. The predicted octanol–water partition coefficient (Wildman–Crippen LogP) is 2.48. The Morgan fingerprint density at radius 1 is 1.33 bits per heavy atom. The first-order valence-electron chi connectivity index (χ1n) is 6.24. The number of benzene rings is 1. The summed E-state index contributed by atoms with van der Waals surface area (Å²) in [7, 11) is 1.91. The van der Waals surface area contributed by atoms with Crippen LogP contribution in [0, 0.1) is 5.82 Å². The molecular weight excluding hydrogens is 229 g/mol. The van der Waals surface area contributed by atoms with Crippen LogP contribution in [-0.2, 0) is 13.6 Å². The lowest BCUT2D eigenvalue weighted by atomic mass is 10.1.